The van der Waals surface area contributed by atoms with E-state index in [4.69, 9.17) is 21.1 Å². The molecular weight excluding hydrogens is 262 g/mol. The molecule has 0 bridgehead atoms. The number of benzene rings is 1. The lowest BCUT2D eigenvalue weighted by Crippen LogP contribution is -2.36. The Labute approximate surface area is 119 Å². The van der Waals surface area contributed by atoms with Crippen molar-refractivity contribution in [2.45, 2.75) is 43.9 Å². The van der Waals surface area contributed by atoms with Crippen LogP contribution in [0.25, 0.3) is 0 Å². The van der Waals surface area contributed by atoms with Gasteiger partial charge in [0.25, 0.3) is 0 Å². The molecule has 3 nitrogen and oxygen atoms in total. The van der Waals surface area contributed by atoms with Crippen LogP contribution in [0.5, 0.6) is 5.75 Å². The lowest BCUT2D eigenvalue weighted by Gasteiger charge is -2.16. The second-order valence-corrected chi connectivity index (χ2v) is 5.91. The van der Waals surface area contributed by atoms with Crippen LogP contribution >= 0.6 is 11.6 Å². The van der Waals surface area contributed by atoms with Crippen LogP contribution in [0.2, 0.25) is 5.02 Å². The normalized spacial score (nSPS) is 29.3. The molecule has 4 heteroatoms. The summed E-state index contributed by atoms with van der Waals surface area (Å²) in [6.45, 7) is 0.896. The van der Waals surface area contributed by atoms with Crippen molar-refractivity contribution in [2.75, 3.05) is 13.7 Å². The molecule has 0 radical (unpaired) electrons. The van der Waals surface area contributed by atoms with Gasteiger partial charge >= 0.3 is 0 Å². The molecule has 0 saturated heterocycles. The fourth-order valence-electron chi connectivity index (χ4n) is 3.04. The highest BCUT2D eigenvalue weighted by molar-refractivity contribution is 6.30. The molecule has 0 amide bonds. The highest BCUT2D eigenvalue weighted by Crippen LogP contribution is 2.31. The molecule has 19 heavy (non-hydrogen) atoms. The molecular formula is C15H20ClNO2. The first-order valence-corrected chi connectivity index (χ1v) is 7.33. The van der Waals surface area contributed by atoms with E-state index < -0.39 is 0 Å². The Morgan fingerprint density at radius 2 is 2.32 bits per heavy atom. The van der Waals surface area contributed by atoms with E-state index in [9.17, 15) is 0 Å². The Hall–Kier alpha value is -0.770. The van der Waals surface area contributed by atoms with Crippen LogP contribution in [0.15, 0.2) is 18.2 Å². The van der Waals surface area contributed by atoms with Gasteiger partial charge in [0.2, 0.25) is 0 Å². The summed E-state index contributed by atoms with van der Waals surface area (Å²) in [5.41, 5.74) is 1.22. The predicted octanol–water partition coefficient (Wildman–Crippen LogP) is 2.80. The average Bonchev–Trinajstić information content (AvgIpc) is 3.01. The van der Waals surface area contributed by atoms with Crippen LogP contribution in [0, 0.1) is 0 Å². The van der Waals surface area contributed by atoms with Gasteiger partial charge in [0.05, 0.1) is 6.10 Å². The summed E-state index contributed by atoms with van der Waals surface area (Å²) in [4.78, 5) is 0. The van der Waals surface area contributed by atoms with Crippen molar-refractivity contribution >= 4 is 11.6 Å². The maximum absolute atomic E-state index is 6.00. The van der Waals surface area contributed by atoms with Gasteiger partial charge in [-0.25, -0.2) is 0 Å². The van der Waals surface area contributed by atoms with Crippen LogP contribution in [-0.2, 0) is 11.2 Å². The number of hydrogen-bond donors (Lipinski definition) is 1. The molecule has 1 fully saturated rings. The van der Waals surface area contributed by atoms with E-state index in [2.05, 4.69) is 5.32 Å². The molecule has 1 aliphatic heterocycles. The van der Waals surface area contributed by atoms with Gasteiger partial charge in [-0.15, -0.1) is 0 Å². The van der Waals surface area contributed by atoms with E-state index >= 15 is 0 Å². The number of ether oxygens (including phenoxy) is 2. The Balaban J connectivity index is 1.48. The SMILES string of the molecule is COC1CCC(NCC2Cc3cc(Cl)ccc3O2)C1. The molecule has 1 heterocycles. The molecule has 2 aliphatic rings. The maximum atomic E-state index is 6.00. The zero-order valence-corrected chi connectivity index (χ0v) is 12.0. The minimum absolute atomic E-state index is 0.232. The molecule has 1 aromatic rings. The molecule has 3 rings (SSSR count). The first-order chi connectivity index (χ1) is 9.24. The van der Waals surface area contributed by atoms with E-state index in [1.807, 2.05) is 18.2 Å². The first-order valence-electron chi connectivity index (χ1n) is 6.96. The molecule has 3 unspecified atom stereocenters. The zero-order valence-electron chi connectivity index (χ0n) is 11.2. The Kier molecular flexibility index (Phi) is 3.96. The Bertz CT molecular complexity index is 452. The molecule has 1 aromatic carbocycles. The van der Waals surface area contributed by atoms with Gasteiger partial charge in [-0.1, -0.05) is 11.6 Å². The molecule has 3 atom stereocenters. The highest BCUT2D eigenvalue weighted by atomic mass is 35.5. The second-order valence-electron chi connectivity index (χ2n) is 5.47. The monoisotopic (exact) mass is 281 g/mol. The molecule has 0 spiro atoms. The van der Waals surface area contributed by atoms with Crippen molar-refractivity contribution in [3.63, 3.8) is 0 Å². The second kappa shape index (κ2) is 5.70. The van der Waals surface area contributed by atoms with Crippen LogP contribution in [-0.4, -0.2) is 31.9 Å². The van der Waals surface area contributed by atoms with Gasteiger partial charge in [0, 0.05) is 31.1 Å². The van der Waals surface area contributed by atoms with E-state index in [1.165, 1.54) is 12.0 Å². The molecule has 0 aromatic heterocycles. The third-order valence-corrected chi connectivity index (χ3v) is 4.35. The summed E-state index contributed by atoms with van der Waals surface area (Å²) < 4.78 is 11.3. The third-order valence-electron chi connectivity index (χ3n) is 4.12. The van der Waals surface area contributed by atoms with E-state index in [0.717, 1.165) is 36.6 Å². The van der Waals surface area contributed by atoms with Crippen LogP contribution in [0.1, 0.15) is 24.8 Å². The largest absolute Gasteiger partial charge is 0.488 e. The van der Waals surface area contributed by atoms with Crippen molar-refractivity contribution in [1.82, 2.24) is 5.32 Å². The summed E-state index contributed by atoms with van der Waals surface area (Å²) in [6, 6.07) is 6.43. The number of methoxy groups -OCH3 is 1. The van der Waals surface area contributed by atoms with Crippen molar-refractivity contribution in [2.24, 2.45) is 0 Å². The molecule has 1 N–H and O–H groups in total. The van der Waals surface area contributed by atoms with Crippen LogP contribution in [0.4, 0.5) is 0 Å². The fourth-order valence-corrected chi connectivity index (χ4v) is 3.24. The standard InChI is InChI=1S/C15H20ClNO2/c1-18-13-4-3-12(8-13)17-9-14-7-10-6-11(16)2-5-15(10)19-14/h2,5-6,12-14,17H,3-4,7-9H2,1H3. The Morgan fingerprint density at radius 1 is 1.42 bits per heavy atom. The van der Waals surface area contributed by atoms with Crippen molar-refractivity contribution in [1.29, 1.82) is 0 Å². The smallest absolute Gasteiger partial charge is 0.123 e. The first kappa shape index (κ1) is 13.2. The van der Waals surface area contributed by atoms with Crippen molar-refractivity contribution < 1.29 is 9.47 Å². The summed E-state index contributed by atoms with van der Waals surface area (Å²) in [5.74, 6) is 0.984. The van der Waals surface area contributed by atoms with Gasteiger partial charge < -0.3 is 14.8 Å². The number of rotatable bonds is 4. The Morgan fingerprint density at radius 3 is 3.11 bits per heavy atom. The van der Waals surface area contributed by atoms with Crippen molar-refractivity contribution in [3.05, 3.63) is 28.8 Å². The van der Waals surface area contributed by atoms with E-state index in [0.29, 0.717) is 12.1 Å². The molecule has 104 valence electrons. The minimum atomic E-state index is 0.232. The summed E-state index contributed by atoms with van der Waals surface area (Å²) in [5, 5.41) is 4.39. The zero-order chi connectivity index (χ0) is 13.2. The fraction of sp³-hybridized carbons (Fsp3) is 0.600. The molecule has 1 saturated carbocycles. The minimum Gasteiger partial charge on any atom is -0.488 e. The quantitative estimate of drug-likeness (QED) is 0.921. The van der Waals surface area contributed by atoms with Crippen LogP contribution in [0.3, 0.4) is 0 Å². The molecule has 1 aliphatic carbocycles. The summed E-state index contributed by atoms with van der Waals surface area (Å²) in [6.07, 6.45) is 5.08. The van der Waals surface area contributed by atoms with Gasteiger partial charge in [0.15, 0.2) is 0 Å². The maximum Gasteiger partial charge on any atom is 0.123 e. The van der Waals surface area contributed by atoms with Gasteiger partial charge in [-0.05, 0) is 43.0 Å². The topological polar surface area (TPSA) is 30.5 Å². The van der Waals surface area contributed by atoms with Gasteiger partial charge in [0.1, 0.15) is 11.9 Å². The number of halogens is 1. The van der Waals surface area contributed by atoms with Gasteiger partial charge in [-0.3, -0.25) is 0 Å². The van der Waals surface area contributed by atoms with E-state index in [1.54, 1.807) is 7.11 Å². The number of fused-ring (bicyclic) bond motifs is 1. The predicted molar refractivity (Wildman–Crippen MR) is 76.0 cm³/mol. The summed E-state index contributed by atoms with van der Waals surface area (Å²) >= 11 is 6.00. The average molecular weight is 282 g/mol. The lowest BCUT2D eigenvalue weighted by atomic mass is 10.1. The van der Waals surface area contributed by atoms with Crippen LogP contribution < -0.4 is 10.1 Å². The number of hydrogen-bond acceptors (Lipinski definition) is 3. The summed E-state index contributed by atoms with van der Waals surface area (Å²) in [7, 11) is 1.80. The number of nitrogens with one attached hydrogen (secondary N) is 1. The lowest BCUT2D eigenvalue weighted by molar-refractivity contribution is 0.106. The van der Waals surface area contributed by atoms with Gasteiger partial charge in [-0.2, -0.15) is 0 Å². The van der Waals surface area contributed by atoms with E-state index in [-0.39, 0.29) is 6.10 Å². The highest BCUT2D eigenvalue weighted by Gasteiger charge is 2.27. The van der Waals surface area contributed by atoms with Crippen molar-refractivity contribution in [3.8, 4) is 5.75 Å². The third kappa shape index (κ3) is 3.04.